The molecular weight excluding hydrogens is 168 g/mol. The molecule has 0 aliphatic heterocycles. The smallest absolute Gasteiger partial charge is 0.306 e. The van der Waals surface area contributed by atoms with E-state index in [1.165, 1.54) is 0 Å². The molecule has 0 aliphatic carbocycles. The lowest BCUT2D eigenvalue weighted by atomic mass is 10.3. The quantitative estimate of drug-likeness (QED) is 0.327. The zero-order valence-corrected chi connectivity index (χ0v) is 7.83. The first-order valence-electron chi connectivity index (χ1n) is 4.26. The van der Waals surface area contributed by atoms with E-state index in [2.05, 4.69) is 13.2 Å². The summed E-state index contributed by atoms with van der Waals surface area (Å²) >= 11 is 0. The number of esters is 1. The minimum Gasteiger partial charge on any atom is -0.463 e. The molecule has 0 saturated carbocycles. The highest BCUT2D eigenvalue weighted by molar-refractivity contribution is 5.69. The van der Waals surface area contributed by atoms with E-state index in [0.29, 0.717) is 32.7 Å². The summed E-state index contributed by atoms with van der Waals surface area (Å²) in [6.07, 6.45) is 4.40. The molecule has 0 spiro atoms. The van der Waals surface area contributed by atoms with Crippen molar-refractivity contribution in [2.24, 2.45) is 0 Å². The number of hydrogen-bond donors (Lipinski definition) is 0. The summed E-state index contributed by atoms with van der Waals surface area (Å²) in [6, 6.07) is 0. The van der Waals surface area contributed by atoms with E-state index in [1.807, 2.05) is 0 Å². The minimum atomic E-state index is -0.206. The van der Waals surface area contributed by atoms with Crippen LogP contribution in [0, 0.1) is 0 Å². The van der Waals surface area contributed by atoms with Crippen LogP contribution in [0.4, 0.5) is 0 Å². The van der Waals surface area contributed by atoms with Gasteiger partial charge in [-0.15, -0.1) is 13.2 Å². The molecule has 0 atom stereocenters. The van der Waals surface area contributed by atoms with Gasteiger partial charge in [0.25, 0.3) is 0 Å². The number of allylic oxidation sites excluding steroid dienone is 1. The average Bonchev–Trinajstić information content (AvgIpc) is 2.14. The van der Waals surface area contributed by atoms with E-state index in [-0.39, 0.29) is 5.97 Å². The normalized spacial score (nSPS) is 9.23. The Morgan fingerprint density at radius 3 is 2.62 bits per heavy atom. The molecule has 0 radical (unpaired) electrons. The van der Waals surface area contributed by atoms with Gasteiger partial charge in [-0.05, 0) is 6.42 Å². The number of ether oxygens (including phenoxy) is 2. The van der Waals surface area contributed by atoms with Crippen LogP contribution < -0.4 is 0 Å². The summed E-state index contributed by atoms with van der Waals surface area (Å²) in [5, 5.41) is 0. The Bertz CT molecular complexity index is 164. The van der Waals surface area contributed by atoms with Crippen molar-refractivity contribution in [2.75, 3.05) is 19.8 Å². The molecule has 0 amide bonds. The SMILES string of the molecule is C=CCCC(=O)OCCOCC=C. The molecule has 0 fully saturated rings. The number of rotatable bonds is 8. The molecule has 3 heteroatoms. The van der Waals surface area contributed by atoms with Gasteiger partial charge in [-0.1, -0.05) is 12.2 Å². The minimum absolute atomic E-state index is 0.206. The number of hydrogen-bond acceptors (Lipinski definition) is 3. The zero-order valence-electron chi connectivity index (χ0n) is 7.83. The lowest BCUT2D eigenvalue weighted by Gasteiger charge is -2.03. The largest absolute Gasteiger partial charge is 0.463 e. The van der Waals surface area contributed by atoms with Gasteiger partial charge in [0.2, 0.25) is 0 Å². The maximum absolute atomic E-state index is 10.9. The van der Waals surface area contributed by atoms with Gasteiger partial charge in [0.05, 0.1) is 13.2 Å². The van der Waals surface area contributed by atoms with Crippen molar-refractivity contribution < 1.29 is 14.3 Å². The Balaban J connectivity index is 3.16. The Morgan fingerprint density at radius 2 is 2.00 bits per heavy atom. The maximum atomic E-state index is 10.9. The fourth-order valence-corrected chi connectivity index (χ4v) is 0.673. The van der Waals surface area contributed by atoms with E-state index in [9.17, 15) is 4.79 Å². The van der Waals surface area contributed by atoms with Crippen molar-refractivity contribution in [1.29, 1.82) is 0 Å². The van der Waals surface area contributed by atoms with Crippen LogP contribution in [0.3, 0.4) is 0 Å². The predicted octanol–water partition coefficient (Wildman–Crippen LogP) is 1.70. The Kier molecular flexibility index (Phi) is 8.25. The van der Waals surface area contributed by atoms with Crippen LogP contribution in [0.25, 0.3) is 0 Å². The van der Waals surface area contributed by atoms with E-state index in [0.717, 1.165) is 0 Å². The van der Waals surface area contributed by atoms with E-state index in [4.69, 9.17) is 9.47 Å². The van der Waals surface area contributed by atoms with Gasteiger partial charge in [0.15, 0.2) is 0 Å². The van der Waals surface area contributed by atoms with Crippen molar-refractivity contribution >= 4 is 5.97 Å². The summed E-state index contributed by atoms with van der Waals surface area (Å²) < 4.78 is 9.87. The van der Waals surface area contributed by atoms with Crippen LogP contribution >= 0.6 is 0 Å². The van der Waals surface area contributed by atoms with E-state index >= 15 is 0 Å². The van der Waals surface area contributed by atoms with Gasteiger partial charge in [-0.2, -0.15) is 0 Å². The van der Waals surface area contributed by atoms with Crippen LogP contribution in [0.1, 0.15) is 12.8 Å². The Hall–Kier alpha value is -1.09. The zero-order chi connectivity index (χ0) is 9.94. The van der Waals surface area contributed by atoms with Crippen LogP contribution in [0.5, 0.6) is 0 Å². The fourth-order valence-electron chi connectivity index (χ4n) is 0.673. The van der Waals surface area contributed by atoms with Crippen molar-refractivity contribution in [3.05, 3.63) is 25.3 Å². The molecule has 74 valence electrons. The highest BCUT2D eigenvalue weighted by Gasteiger charge is 1.99. The van der Waals surface area contributed by atoms with Gasteiger partial charge in [0, 0.05) is 6.42 Å². The third-order valence-corrected chi connectivity index (χ3v) is 1.28. The molecule has 0 aromatic rings. The second-order valence-corrected chi connectivity index (χ2v) is 2.41. The van der Waals surface area contributed by atoms with E-state index in [1.54, 1.807) is 12.2 Å². The molecule has 0 rings (SSSR count). The molecule has 0 aliphatic rings. The Labute approximate surface area is 79.0 Å². The summed E-state index contributed by atoms with van der Waals surface area (Å²) in [4.78, 5) is 10.9. The molecule has 0 aromatic heterocycles. The second kappa shape index (κ2) is 9.00. The molecular formula is C10H16O3. The molecule has 0 unspecified atom stereocenters. The van der Waals surface area contributed by atoms with Gasteiger partial charge >= 0.3 is 5.97 Å². The lowest BCUT2D eigenvalue weighted by Crippen LogP contribution is -2.10. The highest BCUT2D eigenvalue weighted by Crippen LogP contribution is 1.92. The summed E-state index contributed by atoms with van der Waals surface area (Å²) in [5.74, 6) is -0.206. The van der Waals surface area contributed by atoms with Crippen LogP contribution in [0.2, 0.25) is 0 Å². The van der Waals surface area contributed by atoms with E-state index < -0.39 is 0 Å². The lowest BCUT2D eigenvalue weighted by molar-refractivity contribution is -0.144. The summed E-state index contributed by atoms with van der Waals surface area (Å²) in [7, 11) is 0. The Morgan fingerprint density at radius 1 is 1.23 bits per heavy atom. The average molecular weight is 184 g/mol. The highest BCUT2D eigenvalue weighted by atomic mass is 16.6. The monoisotopic (exact) mass is 184 g/mol. The van der Waals surface area contributed by atoms with Crippen LogP contribution in [-0.4, -0.2) is 25.8 Å². The summed E-state index contributed by atoms with van der Waals surface area (Å²) in [6.45, 7) is 8.22. The molecule has 0 heterocycles. The standard InChI is InChI=1S/C10H16O3/c1-3-5-6-10(11)13-9-8-12-7-4-2/h3-4H,1-2,5-9H2. The molecule has 0 bridgehead atoms. The van der Waals surface area contributed by atoms with Crippen molar-refractivity contribution in [2.45, 2.75) is 12.8 Å². The summed E-state index contributed by atoms with van der Waals surface area (Å²) in [5.41, 5.74) is 0. The molecule has 3 nitrogen and oxygen atoms in total. The first kappa shape index (κ1) is 11.9. The van der Waals surface area contributed by atoms with Crippen molar-refractivity contribution in [3.8, 4) is 0 Å². The number of carbonyl (C=O) groups is 1. The molecule has 13 heavy (non-hydrogen) atoms. The van der Waals surface area contributed by atoms with Gasteiger partial charge in [0.1, 0.15) is 6.61 Å². The predicted molar refractivity (Wildman–Crippen MR) is 51.4 cm³/mol. The molecule has 0 saturated heterocycles. The second-order valence-electron chi connectivity index (χ2n) is 2.41. The number of carbonyl (C=O) groups excluding carboxylic acids is 1. The molecule has 0 N–H and O–H groups in total. The fraction of sp³-hybridized carbons (Fsp3) is 0.500. The van der Waals surface area contributed by atoms with Crippen molar-refractivity contribution in [3.63, 3.8) is 0 Å². The topological polar surface area (TPSA) is 35.5 Å². The van der Waals surface area contributed by atoms with Gasteiger partial charge in [-0.3, -0.25) is 4.79 Å². The van der Waals surface area contributed by atoms with Crippen LogP contribution in [-0.2, 0) is 14.3 Å². The van der Waals surface area contributed by atoms with Crippen molar-refractivity contribution in [1.82, 2.24) is 0 Å². The maximum Gasteiger partial charge on any atom is 0.306 e. The van der Waals surface area contributed by atoms with Gasteiger partial charge in [-0.25, -0.2) is 0 Å². The first-order valence-corrected chi connectivity index (χ1v) is 4.26. The third kappa shape index (κ3) is 8.82. The molecule has 0 aromatic carbocycles. The van der Waals surface area contributed by atoms with Crippen LogP contribution in [0.15, 0.2) is 25.3 Å². The first-order chi connectivity index (χ1) is 6.31. The third-order valence-electron chi connectivity index (χ3n) is 1.28. The van der Waals surface area contributed by atoms with Gasteiger partial charge < -0.3 is 9.47 Å².